The summed E-state index contributed by atoms with van der Waals surface area (Å²) in [4.78, 5) is 1.95. The lowest BCUT2D eigenvalue weighted by Crippen LogP contribution is -2.37. The van der Waals surface area contributed by atoms with Crippen LogP contribution in [0.3, 0.4) is 0 Å². The number of piperidine rings is 1. The third-order valence-corrected chi connectivity index (χ3v) is 2.25. The number of halogens is 1. The minimum atomic E-state index is 0.0752. The Bertz CT molecular complexity index is 136. The van der Waals surface area contributed by atoms with Crippen LogP contribution in [0, 0.1) is 0 Å². The Morgan fingerprint density at radius 3 is 2.70 bits per heavy atom. The molecule has 2 N–H and O–H groups in total. The molecule has 58 valence electrons. The highest BCUT2D eigenvalue weighted by Gasteiger charge is 2.18. The maximum absolute atomic E-state index is 5.96. The SMILES string of the molecule is C=C(N)N1CCCCC1Cl. The molecule has 1 fully saturated rings. The third-order valence-electron chi connectivity index (χ3n) is 1.80. The Hall–Kier alpha value is -0.370. The molecular weight excluding hydrogens is 148 g/mol. The molecule has 1 atom stereocenters. The fourth-order valence-electron chi connectivity index (χ4n) is 1.21. The van der Waals surface area contributed by atoms with Gasteiger partial charge in [0.05, 0.1) is 5.82 Å². The van der Waals surface area contributed by atoms with Crippen molar-refractivity contribution >= 4 is 11.6 Å². The topological polar surface area (TPSA) is 29.3 Å². The van der Waals surface area contributed by atoms with E-state index in [0.29, 0.717) is 5.82 Å². The van der Waals surface area contributed by atoms with E-state index in [9.17, 15) is 0 Å². The zero-order valence-electron chi connectivity index (χ0n) is 6.02. The van der Waals surface area contributed by atoms with E-state index in [1.54, 1.807) is 0 Å². The van der Waals surface area contributed by atoms with Crippen molar-refractivity contribution in [2.75, 3.05) is 6.54 Å². The second kappa shape index (κ2) is 3.15. The van der Waals surface area contributed by atoms with E-state index in [1.165, 1.54) is 12.8 Å². The Balaban J connectivity index is 2.47. The van der Waals surface area contributed by atoms with Gasteiger partial charge in [-0.25, -0.2) is 0 Å². The molecule has 1 saturated heterocycles. The molecule has 0 bridgehead atoms. The molecule has 1 aliphatic rings. The van der Waals surface area contributed by atoms with Gasteiger partial charge < -0.3 is 10.6 Å². The van der Waals surface area contributed by atoms with Gasteiger partial charge in [0.1, 0.15) is 5.50 Å². The van der Waals surface area contributed by atoms with Crippen molar-refractivity contribution in [3.63, 3.8) is 0 Å². The van der Waals surface area contributed by atoms with Gasteiger partial charge in [-0.15, -0.1) is 0 Å². The highest BCUT2D eigenvalue weighted by atomic mass is 35.5. The number of alkyl halides is 1. The first-order valence-electron chi connectivity index (χ1n) is 3.57. The van der Waals surface area contributed by atoms with Crippen molar-refractivity contribution in [3.8, 4) is 0 Å². The number of rotatable bonds is 1. The van der Waals surface area contributed by atoms with Crippen LogP contribution in [-0.2, 0) is 0 Å². The highest BCUT2D eigenvalue weighted by molar-refractivity contribution is 6.20. The third kappa shape index (κ3) is 1.57. The second-order valence-corrected chi connectivity index (χ2v) is 3.12. The van der Waals surface area contributed by atoms with E-state index in [-0.39, 0.29) is 5.50 Å². The minimum Gasteiger partial charge on any atom is -0.386 e. The molecule has 0 aromatic rings. The average molecular weight is 161 g/mol. The summed E-state index contributed by atoms with van der Waals surface area (Å²) in [5.41, 5.74) is 5.58. The zero-order chi connectivity index (χ0) is 7.56. The van der Waals surface area contributed by atoms with Gasteiger partial charge in [-0.1, -0.05) is 18.2 Å². The molecule has 1 unspecified atom stereocenters. The lowest BCUT2D eigenvalue weighted by molar-refractivity contribution is 0.253. The molecular formula is C7H13ClN2. The summed E-state index contributed by atoms with van der Waals surface area (Å²) in [6, 6.07) is 0. The van der Waals surface area contributed by atoms with Crippen molar-refractivity contribution in [2.24, 2.45) is 5.73 Å². The molecule has 0 aromatic carbocycles. The van der Waals surface area contributed by atoms with Gasteiger partial charge in [0.15, 0.2) is 0 Å². The standard InChI is InChI=1S/C7H13ClN2/c1-6(9)10-5-3-2-4-7(10)8/h7H,1-5,9H2. The predicted octanol–water partition coefficient (Wildman–Crippen LogP) is 1.47. The molecule has 0 aliphatic carbocycles. The predicted molar refractivity (Wildman–Crippen MR) is 43.5 cm³/mol. The first-order chi connectivity index (χ1) is 4.72. The van der Waals surface area contributed by atoms with E-state index in [1.807, 2.05) is 4.90 Å². The molecule has 0 aromatic heterocycles. The summed E-state index contributed by atoms with van der Waals surface area (Å²) in [6.07, 6.45) is 3.41. The molecule has 2 nitrogen and oxygen atoms in total. The molecule has 0 amide bonds. The lowest BCUT2D eigenvalue weighted by Gasteiger charge is -2.32. The van der Waals surface area contributed by atoms with Crippen molar-refractivity contribution in [1.82, 2.24) is 4.90 Å². The van der Waals surface area contributed by atoms with Crippen LogP contribution in [0.4, 0.5) is 0 Å². The average Bonchev–Trinajstić information content (AvgIpc) is 1.88. The summed E-state index contributed by atoms with van der Waals surface area (Å²) in [5, 5.41) is 0. The highest BCUT2D eigenvalue weighted by Crippen LogP contribution is 2.21. The normalized spacial score (nSPS) is 26.5. The summed E-state index contributed by atoms with van der Waals surface area (Å²) in [5.74, 6) is 0.597. The maximum Gasteiger partial charge on any atom is 0.105 e. The van der Waals surface area contributed by atoms with Crippen LogP contribution >= 0.6 is 11.6 Å². The summed E-state index contributed by atoms with van der Waals surface area (Å²) < 4.78 is 0. The molecule has 1 aliphatic heterocycles. The fraction of sp³-hybridized carbons (Fsp3) is 0.714. The molecule has 1 heterocycles. The first kappa shape index (κ1) is 7.73. The molecule has 10 heavy (non-hydrogen) atoms. The van der Waals surface area contributed by atoms with Crippen LogP contribution in [0.1, 0.15) is 19.3 Å². The van der Waals surface area contributed by atoms with Crippen molar-refractivity contribution < 1.29 is 0 Å². The van der Waals surface area contributed by atoms with E-state index in [2.05, 4.69) is 6.58 Å². The van der Waals surface area contributed by atoms with Crippen LogP contribution in [0.5, 0.6) is 0 Å². The summed E-state index contributed by atoms with van der Waals surface area (Å²) >= 11 is 5.96. The second-order valence-electron chi connectivity index (χ2n) is 2.61. The Kier molecular flexibility index (Phi) is 2.44. The summed E-state index contributed by atoms with van der Waals surface area (Å²) in [6.45, 7) is 4.61. The molecule has 0 spiro atoms. The molecule has 0 radical (unpaired) electrons. The van der Waals surface area contributed by atoms with Crippen molar-refractivity contribution in [2.45, 2.75) is 24.8 Å². The van der Waals surface area contributed by atoms with Crippen LogP contribution in [0.2, 0.25) is 0 Å². The number of hydrogen-bond acceptors (Lipinski definition) is 2. The Morgan fingerprint density at radius 1 is 1.60 bits per heavy atom. The largest absolute Gasteiger partial charge is 0.386 e. The van der Waals surface area contributed by atoms with Crippen LogP contribution in [0.25, 0.3) is 0 Å². The zero-order valence-corrected chi connectivity index (χ0v) is 6.77. The van der Waals surface area contributed by atoms with Gasteiger partial charge in [-0.3, -0.25) is 0 Å². The van der Waals surface area contributed by atoms with E-state index in [4.69, 9.17) is 17.3 Å². The first-order valence-corrected chi connectivity index (χ1v) is 4.00. The smallest absolute Gasteiger partial charge is 0.105 e. The maximum atomic E-state index is 5.96. The van der Waals surface area contributed by atoms with Gasteiger partial charge in [0, 0.05) is 6.54 Å². The molecule has 0 saturated carbocycles. The number of nitrogens with two attached hydrogens (primary N) is 1. The molecule has 3 heteroatoms. The van der Waals surface area contributed by atoms with Gasteiger partial charge in [-0.05, 0) is 19.3 Å². The Morgan fingerprint density at radius 2 is 2.30 bits per heavy atom. The van der Waals surface area contributed by atoms with E-state index < -0.39 is 0 Å². The number of hydrogen-bond donors (Lipinski definition) is 1. The van der Waals surface area contributed by atoms with Crippen molar-refractivity contribution in [3.05, 3.63) is 12.4 Å². The minimum absolute atomic E-state index is 0.0752. The van der Waals surface area contributed by atoms with Crippen molar-refractivity contribution in [1.29, 1.82) is 0 Å². The quantitative estimate of drug-likeness (QED) is 0.465. The molecule has 1 rings (SSSR count). The lowest BCUT2D eigenvalue weighted by atomic mass is 10.1. The van der Waals surface area contributed by atoms with E-state index >= 15 is 0 Å². The van der Waals surface area contributed by atoms with Crippen LogP contribution < -0.4 is 5.73 Å². The number of nitrogens with zero attached hydrogens (tertiary/aromatic N) is 1. The van der Waals surface area contributed by atoms with Gasteiger partial charge in [0.25, 0.3) is 0 Å². The van der Waals surface area contributed by atoms with Crippen LogP contribution in [0.15, 0.2) is 12.4 Å². The van der Waals surface area contributed by atoms with Gasteiger partial charge >= 0.3 is 0 Å². The van der Waals surface area contributed by atoms with Gasteiger partial charge in [0.2, 0.25) is 0 Å². The monoisotopic (exact) mass is 160 g/mol. The fourth-order valence-corrected chi connectivity index (χ4v) is 1.59. The van der Waals surface area contributed by atoms with Gasteiger partial charge in [-0.2, -0.15) is 0 Å². The summed E-state index contributed by atoms with van der Waals surface area (Å²) in [7, 11) is 0. The van der Waals surface area contributed by atoms with E-state index in [0.717, 1.165) is 13.0 Å². The Labute approximate surface area is 66.6 Å². The van der Waals surface area contributed by atoms with Crippen LogP contribution in [-0.4, -0.2) is 16.9 Å². The number of likely N-dealkylation sites (tertiary alicyclic amines) is 1.